The molecule has 2 aliphatic carbocycles. The smallest absolute Gasteiger partial charge is 0.178 e. The van der Waals surface area contributed by atoms with Crippen molar-refractivity contribution in [2.24, 2.45) is 0 Å². The second kappa shape index (κ2) is 9.60. The summed E-state index contributed by atoms with van der Waals surface area (Å²) in [4.78, 5) is 0. The van der Waals surface area contributed by atoms with Gasteiger partial charge in [-0.05, 0) is 73.0 Å². The minimum Gasteiger partial charge on any atom is -0.472 e. The van der Waals surface area contributed by atoms with Crippen molar-refractivity contribution in [1.29, 1.82) is 0 Å². The van der Waals surface area contributed by atoms with Crippen LogP contribution in [-0.4, -0.2) is 0 Å². The lowest BCUT2D eigenvalue weighted by atomic mass is 9.75. The molecule has 0 spiro atoms. The predicted octanol–water partition coefficient (Wildman–Crippen LogP) is 12.1. The largest absolute Gasteiger partial charge is 0.472 e. The van der Waals surface area contributed by atoms with Crippen LogP contribution in [0.1, 0.15) is 93.0 Å². The third-order valence-corrected chi connectivity index (χ3v) is 11.6. The quantitative estimate of drug-likeness (QED) is 0.187. The highest BCUT2D eigenvalue weighted by Gasteiger charge is 2.45. The van der Waals surface area contributed by atoms with Crippen molar-refractivity contribution in [1.82, 2.24) is 0 Å². The summed E-state index contributed by atoms with van der Waals surface area (Å²) in [5, 5.41) is 2.41. The lowest BCUT2D eigenvalue weighted by Gasteiger charge is -2.39. The lowest BCUT2D eigenvalue weighted by molar-refractivity contribution is 0.163. The number of hydrogen-bond donors (Lipinski definition) is 0. The Hall–Kier alpha value is -4.88. The van der Waals surface area contributed by atoms with Gasteiger partial charge >= 0.3 is 0 Å². The number of fused-ring (bicyclic) bond motifs is 11. The average Bonchev–Trinajstić information content (AvgIpc) is 3.48. The zero-order valence-electron chi connectivity index (χ0n) is 29.0. The van der Waals surface area contributed by atoms with E-state index in [1.165, 1.54) is 61.0 Å². The molecule has 0 amide bonds. The molecule has 236 valence electrons. The van der Waals surface area contributed by atoms with E-state index in [9.17, 15) is 0 Å². The van der Waals surface area contributed by atoms with Crippen molar-refractivity contribution in [2.45, 2.75) is 70.3 Å². The van der Waals surface area contributed by atoms with E-state index in [4.69, 9.17) is 4.74 Å². The summed E-state index contributed by atoms with van der Waals surface area (Å²) in [6.45, 7) is 16.3. The number of benzene rings is 6. The molecule has 1 unspecified atom stereocenters. The average molecular weight is 623 g/mol. The van der Waals surface area contributed by atoms with Crippen LogP contribution in [0, 0.1) is 0 Å². The first-order chi connectivity index (χ1) is 22.9. The van der Waals surface area contributed by atoms with E-state index in [0.29, 0.717) is 0 Å². The van der Waals surface area contributed by atoms with Crippen LogP contribution in [0.25, 0.3) is 39.1 Å². The van der Waals surface area contributed by atoms with Crippen molar-refractivity contribution in [2.75, 3.05) is 0 Å². The van der Waals surface area contributed by atoms with E-state index in [-0.39, 0.29) is 16.2 Å². The van der Waals surface area contributed by atoms with Crippen LogP contribution in [0.3, 0.4) is 0 Å². The van der Waals surface area contributed by atoms with Crippen LogP contribution < -0.4 is 4.74 Å². The minimum absolute atomic E-state index is 0.0578. The predicted molar refractivity (Wildman–Crippen MR) is 201 cm³/mol. The van der Waals surface area contributed by atoms with Gasteiger partial charge < -0.3 is 4.74 Å². The second-order valence-corrected chi connectivity index (χ2v) is 16.1. The molecule has 0 N–H and O–H groups in total. The number of hydrogen-bond acceptors (Lipinski definition) is 1. The first-order valence-corrected chi connectivity index (χ1v) is 17.4. The monoisotopic (exact) mass is 622 g/mol. The zero-order valence-corrected chi connectivity index (χ0v) is 29.0. The van der Waals surface area contributed by atoms with Crippen LogP contribution in [0.2, 0.25) is 0 Å². The Bertz CT molecular complexity index is 2340. The highest BCUT2D eigenvalue weighted by Crippen LogP contribution is 2.58. The van der Waals surface area contributed by atoms with E-state index in [2.05, 4.69) is 176 Å². The van der Waals surface area contributed by atoms with Crippen LogP contribution in [0.5, 0.6) is 5.75 Å². The SMILES string of the molecule is CC(C)(C)c1ccc(C2(c3ccc4c(c3)C(C)(C)c3ccccc3-4)C=Cc3c4c(c5ccccc5c3O2)-c2ccccc2C4(C)C)cc1. The molecule has 1 heterocycles. The Morgan fingerprint density at radius 2 is 1.12 bits per heavy atom. The van der Waals surface area contributed by atoms with Gasteiger partial charge in [-0.15, -0.1) is 0 Å². The first kappa shape index (κ1) is 29.3. The van der Waals surface area contributed by atoms with Gasteiger partial charge in [-0.25, -0.2) is 0 Å². The minimum atomic E-state index is -0.810. The van der Waals surface area contributed by atoms with Crippen molar-refractivity contribution in [3.63, 3.8) is 0 Å². The molecule has 0 saturated heterocycles. The van der Waals surface area contributed by atoms with Gasteiger partial charge in [0.2, 0.25) is 0 Å². The maximum Gasteiger partial charge on any atom is 0.178 e. The summed E-state index contributed by atoms with van der Waals surface area (Å²) in [7, 11) is 0. The standard InChI is InChI=1S/C47H42O/c1-44(2,3)29-20-22-30(23-21-29)47(31-24-25-33-32-14-10-12-18-38(32)45(4,5)40(33)28-31)27-26-37-42-41(34-15-8-9-16-35(34)43(37)48-47)36-17-11-13-19-39(36)46(42,6)7/h8-28H,1-7H3. The Morgan fingerprint density at radius 3 is 1.83 bits per heavy atom. The van der Waals surface area contributed by atoms with E-state index < -0.39 is 5.60 Å². The van der Waals surface area contributed by atoms with Crippen LogP contribution in [0.15, 0.2) is 121 Å². The van der Waals surface area contributed by atoms with Crippen molar-refractivity contribution < 1.29 is 4.74 Å². The summed E-state index contributed by atoms with van der Waals surface area (Å²) in [6.07, 6.45) is 4.72. The molecule has 1 atom stereocenters. The zero-order chi connectivity index (χ0) is 33.2. The fourth-order valence-electron chi connectivity index (χ4n) is 9.03. The van der Waals surface area contributed by atoms with Gasteiger partial charge in [0.15, 0.2) is 5.60 Å². The fourth-order valence-corrected chi connectivity index (χ4v) is 9.03. The molecule has 0 saturated carbocycles. The van der Waals surface area contributed by atoms with Crippen molar-refractivity contribution in [3.05, 3.63) is 166 Å². The Balaban J connectivity index is 1.32. The second-order valence-electron chi connectivity index (χ2n) is 16.1. The molecule has 3 aliphatic rings. The molecule has 0 fully saturated rings. The highest BCUT2D eigenvalue weighted by molar-refractivity contribution is 6.08. The topological polar surface area (TPSA) is 9.23 Å². The third kappa shape index (κ3) is 3.79. The molecule has 6 aromatic carbocycles. The summed E-state index contributed by atoms with van der Waals surface area (Å²) in [5.74, 6) is 0.968. The Labute approximate surface area is 284 Å². The number of rotatable bonds is 2. The molecule has 9 rings (SSSR count). The van der Waals surface area contributed by atoms with Crippen molar-refractivity contribution in [3.8, 4) is 28.0 Å². The van der Waals surface area contributed by atoms with Gasteiger partial charge in [-0.1, -0.05) is 164 Å². The van der Waals surface area contributed by atoms with Crippen LogP contribution >= 0.6 is 0 Å². The Morgan fingerprint density at radius 1 is 0.542 bits per heavy atom. The summed E-state index contributed by atoms with van der Waals surface area (Å²) < 4.78 is 7.67. The normalized spacial score (nSPS) is 19.2. The van der Waals surface area contributed by atoms with Gasteiger partial charge in [-0.2, -0.15) is 0 Å². The van der Waals surface area contributed by atoms with E-state index in [1.807, 2.05) is 0 Å². The lowest BCUT2D eigenvalue weighted by Crippen LogP contribution is -2.35. The molecule has 1 heteroatoms. The van der Waals surface area contributed by atoms with Gasteiger partial charge in [0.1, 0.15) is 5.75 Å². The van der Waals surface area contributed by atoms with E-state index >= 15 is 0 Å². The van der Waals surface area contributed by atoms with Crippen LogP contribution in [-0.2, 0) is 21.8 Å². The van der Waals surface area contributed by atoms with E-state index in [1.54, 1.807) is 0 Å². The van der Waals surface area contributed by atoms with Gasteiger partial charge in [0.25, 0.3) is 0 Å². The van der Waals surface area contributed by atoms with E-state index in [0.717, 1.165) is 22.3 Å². The third-order valence-electron chi connectivity index (χ3n) is 11.6. The maximum atomic E-state index is 7.67. The van der Waals surface area contributed by atoms with Gasteiger partial charge in [-0.3, -0.25) is 0 Å². The first-order valence-electron chi connectivity index (χ1n) is 17.4. The Kier molecular flexibility index (Phi) is 5.86. The molecule has 1 aliphatic heterocycles. The molecular weight excluding hydrogens is 581 g/mol. The molecule has 0 bridgehead atoms. The molecule has 0 radical (unpaired) electrons. The highest BCUT2D eigenvalue weighted by atomic mass is 16.5. The van der Waals surface area contributed by atoms with Gasteiger partial charge in [0.05, 0.1) is 0 Å². The fraction of sp³-hybridized carbons (Fsp3) is 0.234. The summed E-state index contributed by atoms with van der Waals surface area (Å²) in [6, 6.07) is 42.9. The van der Waals surface area contributed by atoms with Crippen molar-refractivity contribution >= 4 is 16.8 Å². The number of ether oxygens (including phenoxy) is 1. The molecule has 48 heavy (non-hydrogen) atoms. The summed E-state index contributed by atoms with van der Waals surface area (Å²) in [5.41, 5.74) is 14.6. The molecule has 1 nitrogen and oxygen atoms in total. The van der Waals surface area contributed by atoms with Crippen LogP contribution in [0.4, 0.5) is 0 Å². The molecule has 0 aromatic heterocycles. The van der Waals surface area contributed by atoms with Gasteiger partial charge in [0, 0.05) is 32.9 Å². The molecule has 6 aromatic rings. The maximum absolute atomic E-state index is 7.67. The molecular formula is C47H42O. The summed E-state index contributed by atoms with van der Waals surface area (Å²) >= 11 is 0.